The third-order valence-electron chi connectivity index (χ3n) is 3.85. The molecule has 0 atom stereocenters. The number of anilines is 1. The van der Waals surface area contributed by atoms with Crippen LogP contribution in [0.15, 0.2) is 47.6 Å². The minimum Gasteiger partial charge on any atom is -0.507 e. The molecule has 2 aromatic rings. The quantitative estimate of drug-likeness (QED) is 0.541. The molecule has 5 nitrogen and oxygen atoms in total. The summed E-state index contributed by atoms with van der Waals surface area (Å²) in [4.78, 5) is 11.8. The number of amides is 2. The zero-order chi connectivity index (χ0) is 18.4. The number of benzene rings is 2. The van der Waals surface area contributed by atoms with Gasteiger partial charge < -0.3 is 10.4 Å². The summed E-state index contributed by atoms with van der Waals surface area (Å²) in [5, 5.41) is 17.1. The highest BCUT2D eigenvalue weighted by Gasteiger charge is 2.14. The number of aromatic hydroxyl groups is 1. The van der Waals surface area contributed by atoms with Gasteiger partial charge in [0.05, 0.1) is 6.21 Å². The Kier molecular flexibility index (Phi) is 6.17. The second kappa shape index (κ2) is 8.33. The van der Waals surface area contributed by atoms with Crippen LogP contribution >= 0.6 is 0 Å². The van der Waals surface area contributed by atoms with Gasteiger partial charge in [-0.3, -0.25) is 0 Å². The van der Waals surface area contributed by atoms with Gasteiger partial charge in [-0.25, -0.2) is 10.2 Å². The number of carbonyl (C=O) groups excluding carboxylic acids is 1. The van der Waals surface area contributed by atoms with Crippen molar-refractivity contribution in [2.75, 3.05) is 5.32 Å². The molecule has 2 rings (SSSR count). The van der Waals surface area contributed by atoms with E-state index in [1.54, 1.807) is 18.3 Å². The molecule has 2 amide bonds. The van der Waals surface area contributed by atoms with Crippen molar-refractivity contribution in [3.63, 3.8) is 0 Å². The molecule has 0 aliphatic carbocycles. The van der Waals surface area contributed by atoms with Gasteiger partial charge in [0, 0.05) is 5.69 Å². The molecule has 0 radical (unpaired) electrons. The molecule has 0 fully saturated rings. The number of hydrogen-bond donors (Lipinski definition) is 3. The lowest BCUT2D eigenvalue weighted by molar-refractivity contribution is 0.252. The van der Waals surface area contributed by atoms with Crippen LogP contribution < -0.4 is 10.7 Å². The third kappa shape index (κ3) is 5.08. The van der Waals surface area contributed by atoms with Crippen LogP contribution in [0.4, 0.5) is 10.5 Å². The van der Waals surface area contributed by atoms with Crippen LogP contribution in [0.5, 0.6) is 5.75 Å². The molecular weight excluding hydrogens is 314 g/mol. The van der Waals surface area contributed by atoms with Crippen molar-refractivity contribution in [3.8, 4) is 5.75 Å². The number of phenols is 1. The van der Waals surface area contributed by atoms with Crippen molar-refractivity contribution in [1.82, 2.24) is 5.43 Å². The normalized spacial score (nSPS) is 11.3. The van der Waals surface area contributed by atoms with Crippen LogP contribution in [0.25, 0.3) is 0 Å². The minimum atomic E-state index is -0.408. The summed E-state index contributed by atoms with van der Waals surface area (Å²) >= 11 is 0. The van der Waals surface area contributed by atoms with Gasteiger partial charge in [0.15, 0.2) is 0 Å². The number of hydrazone groups is 1. The van der Waals surface area contributed by atoms with Crippen molar-refractivity contribution in [2.45, 2.75) is 39.5 Å². The maximum Gasteiger partial charge on any atom is 0.339 e. The van der Waals surface area contributed by atoms with E-state index in [1.807, 2.05) is 58.0 Å². The number of rotatable bonds is 5. The Morgan fingerprint density at radius 3 is 2.12 bits per heavy atom. The van der Waals surface area contributed by atoms with E-state index in [9.17, 15) is 9.90 Å². The predicted molar refractivity (Wildman–Crippen MR) is 102 cm³/mol. The monoisotopic (exact) mass is 339 g/mol. The fourth-order valence-electron chi connectivity index (χ4n) is 2.50. The largest absolute Gasteiger partial charge is 0.507 e. The van der Waals surface area contributed by atoms with E-state index in [4.69, 9.17) is 0 Å². The Morgan fingerprint density at radius 2 is 1.60 bits per heavy atom. The number of urea groups is 1. The van der Waals surface area contributed by atoms with E-state index in [1.165, 1.54) is 0 Å². The van der Waals surface area contributed by atoms with Gasteiger partial charge in [-0.2, -0.15) is 5.10 Å². The Morgan fingerprint density at radius 1 is 1.04 bits per heavy atom. The van der Waals surface area contributed by atoms with Gasteiger partial charge in [0.1, 0.15) is 5.75 Å². The fourth-order valence-corrected chi connectivity index (χ4v) is 2.50. The molecular formula is C20H25N3O2. The molecule has 132 valence electrons. The first-order valence-corrected chi connectivity index (χ1v) is 8.40. The van der Waals surface area contributed by atoms with Crippen molar-refractivity contribution >= 4 is 17.9 Å². The number of phenolic OH excluding ortho intramolecular Hbond substituents is 1. The van der Waals surface area contributed by atoms with Gasteiger partial charge in [0.2, 0.25) is 0 Å². The lowest BCUT2D eigenvalue weighted by atomic mass is 9.92. The summed E-state index contributed by atoms with van der Waals surface area (Å²) in [6.45, 7) is 8.13. The van der Waals surface area contributed by atoms with Crippen molar-refractivity contribution < 1.29 is 9.90 Å². The molecule has 25 heavy (non-hydrogen) atoms. The maximum atomic E-state index is 11.8. The number of hydrogen-bond acceptors (Lipinski definition) is 3. The first kappa shape index (κ1) is 18.5. The molecule has 0 aliphatic heterocycles. The second-order valence-electron chi connectivity index (χ2n) is 6.55. The first-order valence-electron chi connectivity index (χ1n) is 8.40. The summed E-state index contributed by atoms with van der Waals surface area (Å²) in [6, 6.07) is 12.5. The highest BCUT2D eigenvalue weighted by atomic mass is 16.3. The summed E-state index contributed by atoms with van der Waals surface area (Å²) in [6.07, 6.45) is 1.59. The highest BCUT2D eigenvalue weighted by Crippen LogP contribution is 2.34. The smallest absolute Gasteiger partial charge is 0.339 e. The Balaban J connectivity index is 2.11. The van der Waals surface area contributed by atoms with Crippen molar-refractivity contribution in [1.29, 1.82) is 0 Å². The lowest BCUT2D eigenvalue weighted by Crippen LogP contribution is -2.24. The molecule has 0 unspecified atom stereocenters. The molecule has 0 saturated heterocycles. The summed E-state index contributed by atoms with van der Waals surface area (Å²) in [5.41, 5.74) is 5.74. The zero-order valence-electron chi connectivity index (χ0n) is 15.1. The second-order valence-corrected chi connectivity index (χ2v) is 6.55. The average Bonchev–Trinajstić information content (AvgIpc) is 2.56. The van der Waals surface area contributed by atoms with Crippen LogP contribution in [0.3, 0.4) is 0 Å². The molecule has 0 aliphatic rings. The van der Waals surface area contributed by atoms with Gasteiger partial charge in [-0.15, -0.1) is 0 Å². The minimum absolute atomic E-state index is 0.195. The van der Waals surface area contributed by atoms with Crippen LogP contribution in [-0.2, 0) is 0 Å². The SMILES string of the molecule is CC(C)c1cc(/C=N\NC(=O)Nc2ccccc2)cc(C(C)C)c1O. The Labute approximate surface area is 148 Å². The van der Waals surface area contributed by atoms with E-state index in [2.05, 4.69) is 15.8 Å². The fraction of sp³-hybridized carbons (Fsp3) is 0.300. The lowest BCUT2D eigenvalue weighted by Gasteiger charge is -2.16. The summed E-state index contributed by atoms with van der Waals surface area (Å²) in [5.74, 6) is 0.734. The summed E-state index contributed by atoms with van der Waals surface area (Å²) < 4.78 is 0. The van der Waals surface area contributed by atoms with Gasteiger partial charge in [0.25, 0.3) is 0 Å². The number of nitrogens with one attached hydrogen (secondary N) is 2. The average molecular weight is 339 g/mol. The molecule has 0 aromatic heterocycles. The highest BCUT2D eigenvalue weighted by molar-refractivity contribution is 5.90. The number of carbonyl (C=O) groups is 1. The Hall–Kier alpha value is -2.82. The predicted octanol–water partition coefficient (Wildman–Crippen LogP) is 4.79. The van der Waals surface area contributed by atoms with Crippen molar-refractivity contribution in [3.05, 3.63) is 59.2 Å². The van der Waals surface area contributed by atoms with E-state index >= 15 is 0 Å². The number of para-hydroxylation sites is 1. The van der Waals surface area contributed by atoms with E-state index in [-0.39, 0.29) is 11.8 Å². The van der Waals surface area contributed by atoms with Crippen molar-refractivity contribution in [2.24, 2.45) is 5.10 Å². The molecule has 2 aromatic carbocycles. The zero-order valence-corrected chi connectivity index (χ0v) is 15.1. The summed E-state index contributed by atoms with van der Waals surface area (Å²) in [7, 11) is 0. The van der Waals surface area contributed by atoms with E-state index in [0.717, 1.165) is 16.7 Å². The molecule has 5 heteroatoms. The molecule has 3 N–H and O–H groups in total. The number of nitrogens with zero attached hydrogens (tertiary/aromatic N) is 1. The van der Waals surface area contributed by atoms with Crippen LogP contribution in [0, 0.1) is 0 Å². The van der Waals surface area contributed by atoms with Crippen LogP contribution in [-0.4, -0.2) is 17.4 Å². The van der Waals surface area contributed by atoms with Gasteiger partial charge in [-0.1, -0.05) is 45.9 Å². The molecule has 0 spiro atoms. The van der Waals surface area contributed by atoms with Gasteiger partial charge >= 0.3 is 6.03 Å². The van der Waals surface area contributed by atoms with E-state index < -0.39 is 6.03 Å². The maximum absolute atomic E-state index is 11.8. The van der Waals surface area contributed by atoms with E-state index in [0.29, 0.717) is 11.4 Å². The molecule has 0 saturated carbocycles. The van der Waals surface area contributed by atoms with Gasteiger partial charge in [-0.05, 0) is 52.8 Å². The molecule has 0 heterocycles. The van der Waals surface area contributed by atoms with Crippen LogP contribution in [0.2, 0.25) is 0 Å². The molecule has 0 bridgehead atoms. The Bertz CT molecular complexity index is 724. The third-order valence-corrected chi connectivity index (χ3v) is 3.85. The first-order chi connectivity index (χ1) is 11.9. The van der Waals surface area contributed by atoms with Crippen LogP contribution in [0.1, 0.15) is 56.2 Å². The topological polar surface area (TPSA) is 73.7 Å². The standard InChI is InChI=1S/C20H25N3O2/c1-13(2)17-10-15(11-18(14(3)4)19(17)24)12-21-23-20(25)22-16-8-6-5-7-9-16/h5-14,24H,1-4H3,(H2,22,23,25)/b21-12-.